The molecule has 3 rings (SSSR count). The summed E-state index contributed by atoms with van der Waals surface area (Å²) < 4.78 is 24.0. The van der Waals surface area contributed by atoms with Gasteiger partial charge in [-0.05, 0) is 29.8 Å². The van der Waals surface area contributed by atoms with Crippen molar-refractivity contribution in [2.45, 2.75) is 6.10 Å². The highest BCUT2D eigenvalue weighted by Crippen LogP contribution is 2.30. The zero-order chi connectivity index (χ0) is 15.4. The second-order valence-electron chi connectivity index (χ2n) is 4.65. The summed E-state index contributed by atoms with van der Waals surface area (Å²) >= 11 is 0. The van der Waals surface area contributed by atoms with Gasteiger partial charge in [-0.25, -0.2) is 9.82 Å². The van der Waals surface area contributed by atoms with E-state index in [9.17, 15) is 9.18 Å². The maximum atomic E-state index is 13.0. The number of amides is 1. The molecule has 22 heavy (non-hydrogen) atoms. The summed E-state index contributed by atoms with van der Waals surface area (Å²) in [6, 6.07) is 13.0. The molecule has 1 amide bonds. The summed E-state index contributed by atoms with van der Waals surface area (Å²) in [6.07, 6.45) is 0.582. The Kier molecular flexibility index (Phi) is 4.00. The van der Waals surface area contributed by atoms with Gasteiger partial charge in [-0.3, -0.25) is 4.79 Å². The number of carbonyl (C=O) groups is 1. The zero-order valence-electron chi connectivity index (χ0n) is 11.5. The predicted octanol–water partition coefficient (Wildman–Crippen LogP) is 2.12. The van der Waals surface area contributed by atoms with Gasteiger partial charge in [0.05, 0.1) is 6.21 Å². The molecule has 1 atom stereocenters. The van der Waals surface area contributed by atoms with E-state index < -0.39 is 12.0 Å². The maximum absolute atomic E-state index is 13.0. The molecule has 6 heteroatoms. The smallest absolute Gasteiger partial charge is 0.284 e. The van der Waals surface area contributed by atoms with Gasteiger partial charge in [0, 0.05) is 0 Å². The Morgan fingerprint density at radius 3 is 2.86 bits per heavy atom. The van der Waals surface area contributed by atoms with Crippen molar-refractivity contribution in [1.29, 1.82) is 0 Å². The third-order valence-corrected chi connectivity index (χ3v) is 3.04. The Labute approximate surface area is 126 Å². The summed E-state index contributed by atoms with van der Waals surface area (Å²) in [7, 11) is 0. The molecule has 0 spiro atoms. The minimum atomic E-state index is -0.778. The molecule has 1 aliphatic rings. The lowest BCUT2D eigenvalue weighted by Crippen LogP contribution is -2.42. The molecule has 2 aromatic carbocycles. The highest BCUT2D eigenvalue weighted by atomic mass is 19.1. The lowest BCUT2D eigenvalue weighted by Gasteiger charge is -2.24. The van der Waals surface area contributed by atoms with E-state index in [1.165, 1.54) is 18.3 Å². The third kappa shape index (κ3) is 3.22. The number of para-hydroxylation sites is 2. The Bertz CT molecular complexity index is 718. The first-order valence-electron chi connectivity index (χ1n) is 6.69. The Morgan fingerprint density at radius 1 is 1.23 bits per heavy atom. The monoisotopic (exact) mass is 300 g/mol. The molecule has 1 aliphatic heterocycles. The molecule has 0 saturated heterocycles. The van der Waals surface area contributed by atoms with Crippen LogP contribution in [0.1, 0.15) is 5.56 Å². The molecule has 0 aromatic heterocycles. The molecule has 0 aliphatic carbocycles. The molecule has 0 fully saturated rings. The molecule has 5 nitrogen and oxygen atoms in total. The van der Waals surface area contributed by atoms with Crippen LogP contribution in [-0.4, -0.2) is 24.8 Å². The summed E-state index contributed by atoms with van der Waals surface area (Å²) in [5.74, 6) is 0.330. The van der Waals surface area contributed by atoms with Crippen molar-refractivity contribution in [3.63, 3.8) is 0 Å². The topological polar surface area (TPSA) is 59.9 Å². The Morgan fingerprint density at radius 2 is 2.05 bits per heavy atom. The highest BCUT2D eigenvalue weighted by molar-refractivity contribution is 5.84. The molecule has 2 aromatic rings. The fraction of sp³-hybridized carbons (Fsp3) is 0.125. The van der Waals surface area contributed by atoms with Gasteiger partial charge < -0.3 is 9.47 Å². The van der Waals surface area contributed by atoms with Gasteiger partial charge in [-0.15, -0.1) is 0 Å². The van der Waals surface area contributed by atoms with Crippen LogP contribution in [0.25, 0.3) is 0 Å². The number of ether oxygens (including phenoxy) is 2. The zero-order valence-corrected chi connectivity index (χ0v) is 11.5. The van der Waals surface area contributed by atoms with E-state index in [1.807, 2.05) is 6.07 Å². The molecule has 1 unspecified atom stereocenters. The average molecular weight is 300 g/mol. The van der Waals surface area contributed by atoms with Crippen molar-refractivity contribution >= 4 is 12.1 Å². The van der Waals surface area contributed by atoms with E-state index >= 15 is 0 Å². The predicted molar refractivity (Wildman–Crippen MR) is 78.5 cm³/mol. The number of rotatable bonds is 3. The van der Waals surface area contributed by atoms with Gasteiger partial charge in [0.1, 0.15) is 12.4 Å². The van der Waals surface area contributed by atoms with E-state index in [4.69, 9.17) is 9.47 Å². The SMILES string of the molecule is O=C(NN=Cc1cccc(F)c1)C1COc2ccccc2O1. The van der Waals surface area contributed by atoms with Crippen LogP contribution in [0.5, 0.6) is 11.5 Å². The standard InChI is InChI=1S/C16H13FN2O3/c17-12-5-3-4-11(8-12)9-18-19-16(20)15-10-21-13-6-1-2-7-14(13)22-15/h1-9,15H,10H2,(H,19,20). The molecule has 1 heterocycles. The summed E-state index contributed by atoms with van der Waals surface area (Å²) in [4.78, 5) is 12.0. The molecule has 0 radical (unpaired) electrons. The quantitative estimate of drug-likeness (QED) is 0.697. The van der Waals surface area contributed by atoms with Crippen LogP contribution >= 0.6 is 0 Å². The lowest BCUT2D eigenvalue weighted by atomic mass is 10.2. The van der Waals surface area contributed by atoms with Crippen molar-refractivity contribution in [1.82, 2.24) is 5.43 Å². The van der Waals surface area contributed by atoms with E-state index in [1.54, 1.807) is 30.3 Å². The molecule has 1 N–H and O–H groups in total. The minimum Gasteiger partial charge on any atom is -0.485 e. The van der Waals surface area contributed by atoms with Crippen molar-refractivity contribution in [3.05, 3.63) is 59.9 Å². The van der Waals surface area contributed by atoms with E-state index in [0.717, 1.165) is 0 Å². The van der Waals surface area contributed by atoms with Crippen molar-refractivity contribution in [2.24, 2.45) is 5.10 Å². The summed E-state index contributed by atoms with van der Waals surface area (Å²) in [5.41, 5.74) is 2.90. The van der Waals surface area contributed by atoms with Gasteiger partial charge >= 0.3 is 0 Å². The van der Waals surface area contributed by atoms with E-state index in [2.05, 4.69) is 10.5 Å². The third-order valence-electron chi connectivity index (χ3n) is 3.04. The van der Waals surface area contributed by atoms with Gasteiger partial charge in [-0.1, -0.05) is 24.3 Å². The fourth-order valence-corrected chi connectivity index (χ4v) is 1.98. The van der Waals surface area contributed by atoms with Crippen LogP contribution < -0.4 is 14.9 Å². The van der Waals surface area contributed by atoms with Gasteiger partial charge in [0.2, 0.25) is 6.10 Å². The number of carbonyl (C=O) groups excluding carboxylic acids is 1. The van der Waals surface area contributed by atoms with Crippen molar-refractivity contribution < 1.29 is 18.7 Å². The number of hydrazone groups is 1. The van der Waals surface area contributed by atoms with Crippen LogP contribution in [0.4, 0.5) is 4.39 Å². The molecule has 0 saturated carbocycles. The normalized spacial score (nSPS) is 16.5. The molecule has 112 valence electrons. The number of halogens is 1. The molecular weight excluding hydrogens is 287 g/mol. The second-order valence-corrected chi connectivity index (χ2v) is 4.65. The molecule has 0 bridgehead atoms. The number of fused-ring (bicyclic) bond motifs is 1. The van der Waals surface area contributed by atoms with Crippen molar-refractivity contribution in [2.75, 3.05) is 6.61 Å². The summed E-state index contributed by atoms with van der Waals surface area (Å²) in [5, 5.41) is 3.79. The van der Waals surface area contributed by atoms with Crippen LogP contribution in [0.2, 0.25) is 0 Å². The Hall–Kier alpha value is -2.89. The Balaban J connectivity index is 1.59. The van der Waals surface area contributed by atoms with Gasteiger partial charge in [-0.2, -0.15) is 5.10 Å². The first kappa shape index (κ1) is 14.1. The maximum Gasteiger partial charge on any atom is 0.284 e. The molecular formula is C16H13FN2O3. The largest absolute Gasteiger partial charge is 0.485 e. The van der Waals surface area contributed by atoms with Crippen molar-refractivity contribution in [3.8, 4) is 11.5 Å². The van der Waals surface area contributed by atoms with E-state index in [0.29, 0.717) is 17.1 Å². The van der Waals surface area contributed by atoms with Crippen LogP contribution in [-0.2, 0) is 4.79 Å². The van der Waals surface area contributed by atoms with Gasteiger partial charge in [0.15, 0.2) is 11.5 Å². The second kappa shape index (κ2) is 6.26. The lowest BCUT2D eigenvalue weighted by molar-refractivity contribution is -0.130. The number of hydrogen-bond donors (Lipinski definition) is 1. The first-order chi connectivity index (χ1) is 10.7. The first-order valence-corrected chi connectivity index (χ1v) is 6.69. The van der Waals surface area contributed by atoms with Crippen LogP contribution in [0, 0.1) is 5.82 Å². The average Bonchev–Trinajstić information content (AvgIpc) is 2.54. The number of nitrogens with one attached hydrogen (secondary N) is 1. The minimum absolute atomic E-state index is 0.109. The fourth-order valence-electron chi connectivity index (χ4n) is 1.98. The number of benzene rings is 2. The van der Waals surface area contributed by atoms with Crippen LogP contribution in [0.15, 0.2) is 53.6 Å². The number of nitrogens with zero attached hydrogens (tertiary/aromatic N) is 1. The highest BCUT2D eigenvalue weighted by Gasteiger charge is 2.26. The van der Waals surface area contributed by atoms with Crippen LogP contribution in [0.3, 0.4) is 0 Å². The van der Waals surface area contributed by atoms with Gasteiger partial charge in [0.25, 0.3) is 5.91 Å². The number of hydrogen-bond acceptors (Lipinski definition) is 4. The summed E-state index contributed by atoms with van der Waals surface area (Å²) in [6.45, 7) is 0.109. The van der Waals surface area contributed by atoms with E-state index in [-0.39, 0.29) is 12.4 Å².